The van der Waals surface area contributed by atoms with Crippen molar-refractivity contribution in [3.63, 3.8) is 0 Å². The molecule has 1 aromatic carbocycles. The van der Waals surface area contributed by atoms with Gasteiger partial charge in [-0.25, -0.2) is 0 Å². The Morgan fingerprint density at radius 2 is 2.00 bits per heavy atom. The number of aryl methyl sites for hydroxylation is 1. The number of nitrogens with zero attached hydrogens (tertiary/aromatic N) is 1. The van der Waals surface area contributed by atoms with Crippen molar-refractivity contribution in [2.24, 2.45) is 7.05 Å². The van der Waals surface area contributed by atoms with Crippen molar-refractivity contribution in [2.75, 3.05) is 0 Å². The molecule has 1 heterocycles. The Labute approximate surface area is 89.2 Å². The molecule has 0 aliphatic carbocycles. The minimum Gasteiger partial charge on any atom is -0.353 e. The Hall–Kier alpha value is -1.83. The Morgan fingerprint density at radius 1 is 1.27 bits per heavy atom. The molecule has 0 N–H and O–H groups in total. The Bertz CT molecular complexity index is 457. The Balaban J connectivity index is 2.24. The molecule has 0 spiro atoms. The smallest absolute Gasteiger partial charge is 0.151 e. The van der Waals surface area contributed by atoms with Crippen LogP contribution in [0.2, 0.25) is 0 Å². The topological polar surface area (TPSA) is 22.0 Å². The van der Waals surface area contributed by atoms with Crippen LogP contribution in [-0.4, -0.2) is 10.9 Å². The van der Waals surface area contributed by atoms with Gasteiger partial charge >= 0.3 is 0 Å². The second kappa shape index (κ2) is 4.13. The summed E-state index contributed by atoms with van der Waals surface area (Å²) in [5.41, 5.74) is 3.16. The molecule has 0 amide bonds. The molecule has 0 bridgehead atoms. The molecule has 0 radical (unpaired) electrons. The maximum absolute atomic E-state index is 10.6. The minimum atomic E-state index is 0.739. The van der Waals surface area contributed by atoms with E-state index >= 15 is 0 Å². The van der Waals surface area contributed by atoms with Gasteiger partial charge in [0.25, 0.3) is 0 Å². The molecule has 0 saturated carbocycles. The maximum atomic E-state index is 10.6. The van der Waals surface area contributed by atoms with E-state index in [9.17, 15) is 4.79 Å². The van der Waals surface area contributed by atoms with Crippen molar-refractivity contribution in [1.29, 1.82) is 0 Å². The quantitative estimate of drug-likeness (QED) is 0.696. The monoisotopic (exact) mass is 199 g/mol. The van der Waals surface area contributed by atoms with E-state index in [-0.39, 0.29) is 0 Å². The zero-order valence-electron chi connectivity index (χ0n) is 8.68. The van der Waals surface area contributed by atoms with Gasteiger partial charge in [-0.1, -0.05) is 30.3 Å². The average molecular weight is 199 g/mol. The fraction of sp³-hybridized carbons (Fsp3) is 0.154. The molecule has 0 aliphatic heterocycles. The highest BCUT2D eigenvalue weighted by Gasteiger charge is 2.02. The summed E-state index contributed by atoms with van der Waals surface area (Å²) in [5.74, 6) is 0. The molecule has 0 saturated heterocycles. The zero-order chi connectivity index (χ0) is 10.7. The standard InChI is InChI=1S/C13H13NO/c1-14-9-12(10-15)8-13(14)7-11-5-3-2-4-6-11/h2-6,8-10H,7H2,1H3. The summed E-state index contributed by atoms with van der Waals surface area (Å²) in [6.45, 7) is 0. The highest BCUT2D eigenvalue weighted by molar-refractivity contribution is 5.74. The summed E-state index contributed by atoms with van der Waals surface area (Å²) in [7, 11) is 1.96. The highest BCUT2D eigenvalue weighted by Crippen LogP contribution is 2.11. The largest absolute Gasteiger partial charge is 0.353 e. The summed E-state index contributed by atoms with van der Waals surface area (Å²) in [4.78, 5) is 10.6. The summed E-state index contributed by atoms with van der Waals surface area (Å²) in [6.07, 6.45) is 3.60. The first-order chi connectivity index (χ1) is 7.29. The van der Waals surface area contributed by atoms with Gasteiger partial charge in [-0.05, 0) is 11.6 Å². The number of aromatic nitrogens is 1. The summed E-state index contributed by atoms with van der Waals surface area (Å²) >= 11 is 0. The molecule has 0 atom stereocenters. The molecule has 2 rings (SSSR count). The number of hydrogen-bond acceptors (Lipinski definition) is 1. The van der Waals surface area contributed by atoms with Crippen LogP contribution in [0.4, 0.5) is 0 Å². The van der Waals surface area contributed by atoms with Crippen LogP contribution in [0.3, 0.4) is 0 Å². The summed E-state index contributed by atoms with van der Waals surface area (Å²) in [5, 5.41) is 0. The first kappa shape index (κ1) is 9.71. The van der Waals surface area contributed by atoms with Crippen LogP contribution in [0.25, 0.3) is 0 Å². The van der Waals surface area contributed by atoms with Gasteiger partial charge in [-0.3, -0.25) is 4.79 Å². The van der Waals surface area contributed by atoms with Crippen molar-refractivity contribution >= 4 is 6.29 Å². The Kier molecular flexibility index (Phi) is 2.68. The molecule has 76 valence electrons. The molecule has 0 aliphatic rings. The van der Waals surface area contributed by atoms with Crippen LogP contribution in [0.15, 0.2) is 42.6 Å². The lowest BCUT2D eigenvalue weighted by Crippen LogP contribution is -1.95. The first-order valence-corrected chi connectivity index (χ1v) is 4.94. The van der Waals surface area contributed by atoms with E-state index in [1.807, 2.05) is 42.1 Å². The van der Waals surface area contributed by atoms with E-state index in [1.165, 1.54) is 5.56 Å². The van der Waals surface area contributed by atoms with Crippen molar-refractivity contribution in [2.45, 2.75) is 6.42 Å². The molecule has 0 unspecified atom stereocenters. The van der Waals surface area contributed by atoms with Crippen LogP contribution in [0.5, 0.6) is 0 Å². The molecule has 2 heteroatoms. The van der Waals surface area contributed by atoms with E-state index in [2.05, 4.69) is 12.1 Å². The maximum Gasteiger partial charge on any atom is 0.151 e. The molecular weight excluding hydrogens is 186 g/mol. The van der Waals surface area contributed by atoms with Gasteiger partial charge in [0, 0.05) is 30.9 Å². The molecule has 1 aromatic heterocycles. The highest BCUT2D eigenvalue weighted by atomic mass is 16.1. The second-order valence-corrected chi connectivity index (χ2v) is 3.66. The van der Waals surface area contributed by atoms with Crippen molar-refractivity contribution in [3.05, 3.63) is 59.4 Å². The molecule has 2 nitrogen and oxygen atoms in total. The third kappa shape index (κ3) is 2.15. The lowest BCUT2D eigenvalue weighted by atomic mass is 10.1. The van der Waals surface area contributed by atoms with Crippen LogP contribution in [-0.2, 0) is 13.5 Å². The van der Waals surface area contributed by atoms with Crippen molar-refractivity contribution in [3.8, 4) is 0 Å². The normalized spacial score (nSPS) is 10.2. The van der Waals surface area contributed by atoms with Crippen LogP contribution in [0, 0.1) is 0 Å². The van der Waals surface area contributed by atoms with E-state index in [4.69, 9.17) is 0 Å². The van der Waals surface area contributed by atoms with E-state index in [0.717, 1.165) is 24.0 Å². The minimum absolute atomic E-state index is 0.739. The van der Waals surface area contributed by atoms with Gasteiger partial charge in [-0.15, -0.1) is 0 Å². The predicted octanol–water partition coefficient (Wildman–Crippen LogP) is 2.43. The lowest BCUT2D eigenvalue weighted by Gasteiger charge is -2.02. The number of benzene rings is 1. The Morgan fingerprint density at radius 3 is 2.60 bits per heavy atom. The summed E-state index contributed by atoms with van der Waals surface area (Å²) < 4.78 is 2.00. The van der Waals surface area contributed by atoms with Gasteiger partial charge in [-0.2, -0.15) is 0 Å². The number of carbonyl (C=O) groups excluding carboxylic acids is 1. The second-order valence-electron chi connectivity index (χ2n) is 3.66. The molecular formula is C13H13NO. The molecule has 15 heavy (non-hydrogen) atoms. The molecule has 2 aromatic rings. The van der Waals surface area contributed by atoms with Crippen molar-refractivity contribution < 1.29 is 4.79 Å². The zero-order valence-corrected chi connectivity index (χ0v) is 8.68. The van der Waals surface area contributed by atoms with E-state index in [1.54, 1.807) is 0 Å². The van der Waals surface area contributed by atoms with Gasteiger partial charge in [0.15, 0.2) is 6.29 Å². The summed E-state index contributed by atoms with van der Waals surface area (Å²) in [6, 6.07) is 12.2. The number of carbonyl (C=O) groups is 1. The van der Waals surface area contributed by atoms with Gasteiger partial charge < -0.3 is 4.57 Å². The van der Waals surface area contributed by atoms with Gasteiger partial charge in [0.1, 0.15) is 0 Å². The number of rotatable bonds is 3. The number of aldehydes is 1. The van der Waals surface area contributed by atoms with Crippen molar-refractivity contribution in [1.82, 2.24) is 4.57 Å². The van der Waals surface area contributed by atoms with Gasteiger partial charge in [0.05, 0.1) is 0 Å². The third-order valence-corrected chi connectivity index (χ3v) is 2.49. The van der Waals surface area contributed by atoms with E-state index < -0.39 is 0 Å². The predicted molar refractivity (Wildman–Crippen MR) is 60.0 cm³/mol. The number of hydrogen-bond donors (Lipinski definition) is 0. The van der Waals surface area contributed by atoms with Crippen LogP contribution < -0.4 is 0 Å². The van der Waals surface area contributed by atoms with E-state index in [0.29, 0.717) is 0 Å². The molecule has 0 fully saturated rings. The fourth-order valence-electron chi connectivity index (χ4n) is 1.68. The lowest BCUT2D eigenvalue weighted by molar-refractivity contribution is 0.112. The van der Waals surface area contributed by atoms with Crippen LogP contribution in [0.1, 0.15) is 21.6 Å². The third-order valence-electron chi connectivity index (χ3n) is 2.49. The van der Waals surface area contributed by atoms with Gasteiger partial charge in [0.2, 0.25) is 0 Å². The van der Waals surface area contributed by atoms with Crippen LogP contribution >= 0.6 is 0 Å². The first-order valence-electron chi connectivity index (χ1n) is 4.94. The SMILES string of the molecule is Cn1cc(C=O)cc1Cc1ccccc1. The fourth-order valence-corrected chi connectivity index (χ4v) is 1.68. The average Bonchev–Trinajstić information content (AvgIpc) is 2.61.